The van der Waals surface area contributed by atoms with Gasteiger partial charge in [0.05, 0.1) is 35.0 Å². The maximum Gasteiger partial charge on any atom is 0.411 e. The number of nitrogens with zero attached hydrogens (tertiary/aromatic N) is 4. The number of amides is 1. The summed E-state index contributed by atoms with van der Waals surface area (Å²) in [6, 6.07) is -0.623. The van der Waals surface area contributed by atoms with E-state index in [9.17, 15) is 18.0 Å². The largest absolute Gasteiger partial charge is 0.411 e. The molecule has 1 amide bonds. The van der Waals surface area contributed by atoms with Crippen LogP contribution in [0.25, 0.3) is 0 Å². The zero-order chi connectivity index (χ0) is 17.9. The molecule has 1 atom stereocenters. The summed E-state index contributed by atoms with van der Waals surface area (Å²) in [5, 5.41) is 10.9. The van der Waals surface area contributed by atoms with Crippen molar-refractivity contribution in [2.75, 3.05) is 11.9 Å². The lowest BCUT2D eigenvalue weighted by molar-refractivity contribution is -0.182. The van der Waals surface area contributed by atoms with E-state index in [-0.39, 0.29) is 12.6 Å². The van der Waals surface area contributed by atoms with Crippen LogP contribution in [0, 0.1) is 6.92 Å². The molecule has 0 aliphatic rings. The third-order valence-corrected chi connectivity index (χ3v) is 3.49. The Morgan fingerprint density at radius 2 is 2.12 bits per heavy atom. The van der Waals surface area contributed by atoms with Gasteiger partial charge in [0.25, 0.3) is 0 Å². The minimum atomic E-state index is -4.40. The molecule has 2 aromatic heterocycles. The molecule has 0 spiro atoms. The summed E-state index contributed by atoms with van der Waals surface area (Å²) in [5.74, 6) is -0.367. The SMILES string of the molecule is Cc1c(Cl)cnn1C(C)C(=O)Nc1cnn(COCC(F)(F)F)c1. The summed E-state index contributed by atoms with van der Waals surface area (Å²) in [6.07, 6.45) is -0.284. The van der Waals surface area contributed by atoms with E-state index in [0.717, 1.165) is 4.68 Å². The number of carbonyl (C=O) groups is 1. The molecule has 1 unspecified atom stereocenters. The van der Waals surface area contributed by atoms with Gasteiger partial charge in [-0.15, -0.1) is 0 Å². The fourth-order valence-corrected chi connectivity index (χ4v) is 2.03. The van der Waals surface area contributed by atoms with Gasteiger partial charge in [0, 0.05) is 0 Å². The summed E-state index contributed by atoms with van der Waals surface area (Å²) >= 11 is 5.90. The summed E-state index contributed by atoms with van der Waals surface area (Å²) in [5.41, 5.74) is 0.980. The fraction of sp³-hybridized carbons (Fsp3) is 0.462. The van der Waals surface area contributed by atoms with Crippen molar-refractivity contribution in [2.45, 2.75) is 32.8 Å². The van der Waals surface area contributed by atoms with Crippen LogP contribution in [0.3, 0.4) is 0 Å². The van der Waals surface area contributed by atoms with Crippen molar-refractivity contribution in [3.8, 4) is 0 Å². The van der Waals surface area contributed by atoms with Crippen molar-refractivity contribution < 1.29 is 22.7 Å². The molecule has 0 aromatic carbocycles. The number of anilines is 1. The van der Waals surface area contributed by atoms with Crippen LogP contribution < -0.4 is 5.32 Å². The van der Waals surface area contributed by atoms with Gasteiger partial charge in [-0.25, -0.2) is 4.68 Å². The average molecular weight is 366 g/mol. The number of alkyl halides is 3. The maximum absolute atomic E-state index is 12.2. The average Bonchev–Trinajstić information content (AvgIpc) is 3.05. The van der Waals surface area contributed by atoms with Crippen LogP contribution in [0.1, 0.15) is 18.7 Å². The molecule has 0 saturated heterocycles. The Morgan fingerprint density at radius 1 is 1.42 bits per heavy atom. The van der Waals surface area contributed by atoms with Crippen LogP contribution in [0.5, 0.6) is 0 Å². The molecule has 24 heavy (non-hydrogen) atoms. The summed E-state index contributed by atoms with van der Waals surface area (Å²) < 4.78 is 43.1. The van der Waals surface area contributed by atoms with Crippen LogP contribution in [0.2, 0.25) is 5.02 Å². The zero-order valence-electron chi connectivity index (χ0n) is 12.8. The number of carbonyl (C=O) groups excluding carboxylic acids is 1. The topological polar surface area (TPSA) is 74.0 Å². The summed E-state index contributed by atoms with van der Waals surface area (Å²) in [6.45, 7) is 1.63. The van der Waals surface area contributed by atoms with Gasteiger partial charge in [0.15, 0.2) is 0 Å². The molecule has 0 aliphatic heterocycles. The van der Waals surface area contributed by atoms with Gasteiger partial charge >= 0.3 is 6.18 Å². The van der Waals surface area contributed by atoms with E-state index >= 15 is 0 Å². The van der Waals surface area contributed by atoms with Crippen molar-refractivity contribution in [3.05, 3.63) is 29.3 Å². The second-order valence-corrected chi connectivity index (χ2v) is 5.46. The highest BCUT2D eigenvalue weighted by Crippen LogP contribution is 2.19. The molecule has 1 N–H and O–H groups in total. The number of ether oxygens (including phenoxy) is 1. The first-order valence-electron chi connectivity index (χ1n) is 6.85. The molecule has 11 heteroatoms. The molecule has 2 aromatic rings. The van der Waals surface area contributed by atoms with E-state index in [1.807, 2.05) is 0 Å². The van der Waals surface area contributed by atoms with Gasteiger partial charge in [-0.3, -0.25) is 9.48 Å². The zero-order valence-corrected chi connectivity index (χ0v) is 13.6. The Bertz CT molecular complexity index is 713. The second kappa shape index (κ2) is 7.22. The number of halogens is 4. The minimum absolute atomic E-state index is 0.332. The lowest BCUT2D eigenvalue weighted by Crippen LogP contribution is -2.25. The number of nitrogens with one attached hydrogen (secondary N) is 1. The highest BCUT2D eigenvalue weighted by molar-refractivity contribution is 6.31. The van der Waals surface area contributed by atoms with Crippen molar-refractivity contribution in [3.63, 3.8) is 0 Å². The van der Waals surface area contributed by atoms with E-state index < -0.39 is 18.8 Å². The predicted molar refractivity (Wildman–Crippen MR) is 79.5 cm³/mol. The standard InChI is InChI=1S/C13H15ClF3N5O2/c1-8-11(14)4-19-22(8)9(2)12(23)20-10-3-18-21(5-10)7-24-6-13(15,16)17/h3-5,9H,6-7H2,1-2H3,(H,20,23). The predicted octanol–water partition coefficient (Wildman–Crippen LogP) is 2.78. The molecule has 0 bridgehead atoms. The number of aromatic nitrogens is 4. The highest BCUT2D eigenvalue weighted by atomic mass is 35.5. The first kappa shape index (κ1) is 18.3. The Morgan fingerprint density at radius 3 is 2.71 bits per heavy atom. The Balaban J connectivity index is 1.91. The fourth-order valence-electron chi connectivity index (χ4n) is 1.90. The van der Waals surface area contributed by atoms with Gasteiger partial charge in [-0.2, -0.15) is 23.4 Å². The van der Waals surface area contributed by atoms with E-state index in [1.54, 1.807) is 13.8 Å². The van der Waals surface area contributed by atoms with E-state index in [1.165, 1.54) is 23.3 Å². The van der Waals surface area contributed by atoms with Crippen molar-refractivity contribution in [2.24, 2.45) is 0 Å². The molecular formula is C13H15ClF3N5O2. The summed E-state index contributed by atoms with van der Waals surface area (Å²) in [7, 11) is 0. The normalized spacial score (nSPS) is 13.1. The lowest BCUT2D eigenvalue weighted by Gasteiger charge is -2.13. The van der Waals surface area contributed by atoms with Crippen molar-refractivity contribution >= 4 is 23.2 Å². The molecule has 7 nitrogen and oxygen atoms in total. The quantitative estimate of drug-likeness (QED) is 0.854. The third kappa shape index (κ3) is 4.71. The number of hydrogen-bond donors (Lipinski definition) is 1. The van der Waals surface area contributed by atoms with Gasteiger partial charge in [0.1, 0.15) is 19.4 Å². The molecule has 2 heterocycles. The van der Waals surface area contributed by atoms with Crippen LogP contribution >= 0.6 is 11.6 Å². The monoisotopic (exact) mass is 365 g/mol. The van der Waals surface area contributed by atoms with Crippen LogP contribution in [0.4, 0.5) is 18.9 Å². The Kier molecular flexibility index (Phi) is 5.50. The first-order valence-corrected chi connectivity index (χ1v) is 7.22. The highest BCUT2D eigenvalue weighted by Gasteiger charge is 2.27. The molecule has 0 saturated carbocycles. The van der Waals surface area contributed by atoms with Gasteiger partial charge in [0.2, 0.25) is 5.91 Å². The molecule has 132 valence electrons. The van der Waals surface area contributed by atoms with Crippen molar-refractivity contribution in [1.29, 1.82) is 0 Å². The van der Waals surface area contributed by atoms with E-state index in [2.05, 4.69) is 20.3 Å². The minimum Gasteiger partial charge on any atom is -0.350 e. The Labute approximate surface area is 140 Å². The lowest BCUT2D eigenvalue weighted by atomic mass is 10.3. The van der Waals surface area contributed by atoms with E-state index in [0.29, 0.717) is 16.4 Å². The number of rotatable bonds is 6. The van der Waals surface area contributed by atoms with Crippen LogP contribution in [0.15, 0.2) is 18.6 Å². The second-order valence-electron chi connectivity index (χ2n) is 5.05. The molecule has 0 aliphatic carbocycles. The van der Waals surface area contributed by atoms with Crippen LogP contribution in [-0.2, 0) is 16.3 Å². The number of hydrogen-bond acceptors (Lipinski definition) is 4. The molecule has 2 rings (SSSR count). The van der Waals surface area contributed by atoms with Crippen molar-refractivity contribution in [1.82, 2.24) is 19.6 Å². The van der Waals surface area contributed by atoms with Crippen LogP contribution in [-0.4, -0.2) is 38.3 Å². The van der Waals surface area contributed by atoms with Gasteiger partial charge < -0.3 is 10.1 Å². The molecule has 0 radical (unpaired) electrons. The molecule has 0 fully saturated rings. The van der Waals surface area contributed by atoms with E-state index in [4.69, 9.17) is 11.6 Å². The van der Waals surface area contributed by atoms with Gasteiger partial charge in [-0.05, 0) is 13.8 Å². The smallest absolute Gasteiger partial charge is 0.350 e. The maximum atomic E-state index is 12.2. The Hall–Kier alpha value is -2.07. The van der Waals surface area contributed by atoms with Gasteiger partial charge in [-0.1, -0.05) is 11.6 Å². The molecular weight excluding hydrogens is 351 g/mol. The first-order chi connectivity index (χ1) is 11.2. The summed E-state index contributed by atoms with van der Waals surface area (Å²) in [4.78, 5) is 12.2. The third-order valence-electron chi connectivity index (χ3n) is 3.12.